The molecule has 0 heterocycles. The first-order chi connectivity index (χ1) is 13.0. The minimum atomic E-state index is -4.68. The van der Waals surface area contributed by atoms with Gasteiger partial charge in [-0.25, -0.2) is 13.2 Å². The number of hydrogen-bond acceptors (Lipinski definition) is 2. The summed E-state index contributed by atoms with van der Waals surface area (Å²) in [5.74, 6) is -5.65. The second-order valence-electron chi connectivity index (χ2n) is 6.31. The molecule has 2 N–H and O–H groups in total. The molecule has 0 aliphatic heterocycles. The van der Waals surface area contributed by atoms with Crippen LogP contribution in [0.4, 0.5) is 32.0 Å². The quantitative estimate of drug-likeness (QED) is 0.754. The molecule has 0 atom stereocenters. The second-order valence-corrected chi connectivity index (χ2v) is 6.31. The predicted octanol–water partition coefficient (Wildman–Crippen LogP) is 4.18. The number of hydrogen-bond donors (Lipinski definition) is 2. The molecule has 1 fully saturated rings. The van der Waals surface area contributed by atoms with Crippen molar-refractivity contribution >= 4 is 17.5 Å². The van der Waals surface area contributed by atoms with Crippen LogP contribution in [0.5, 0.6) is 0 Å². The average Bonchev–Trinajstić information content (AvgIpc) is 3.39. The van der Waals surface area contributed by atoms with E-state index in [9.17, 15) is 35.9 Å². The summed E-state index contributed by atoms with van der Waals surface area (Å²) in [5.41, 5.74) is -3.49. The summed E-state index contributed by atoms with van der Waals surface area (Å²) in [6.07, 6.45) is -5.32. The van der Waals surface area contributed by atoms with Gasteiger partial charge in [-0.3, -0.25) is 9.59 Å². The normalized spacial score (nSPS) is 15.1. The maximum absolute atomic E-state index is 13.9. The minimum Gasteiger partial charge on any atom is -0.338 e. The van der Waals surface area contributed by atoms with Crippen LogP contribution in [0.2, 0.25) is 0 Å². The van der Waals surface area contributed by atoms with Crippen LogP contribution in [0.1, 0.15) is 33.6 Å². The van der Waals surface area contributed by atoms with E-state index < -0.39 is 46.5 Å². The summed E-state index contributed by atoms with van der Waals surface area (Å²) in [7, 11) is 0. The Morgan fingerprint density at radius 1 is 0.857 bits per heavy atom. The minimum absolute atomic E-state index is 0.103. The van der Waals surface area contributed by atoms with Gasteiger partial charge in [0.1, 0.15) is 11.4 Å². The zero-order valence-electron chi connectivity index (χ0n) is 14.0. The van der Waals surface area contributed by atoms with Crippen molar-refractivity contribution < 1.29 is 35.9 Å². The number of carbonyl (C=O) groups is 2. The molecule has 148 valence electrons. The first kappa shape index (κ1) is 19.7. The highest BCUT2D eigenvalue weighted by atomic mass is 19.4. The highest BCUT2D eigenvalue weighted by molar-refractivity contribution is 6.06. The summed E-state index contributed by atoms with van der Waals surface area (Å²) in [5, 5.41) is 3.98. The Balaban J connectivity index is 1.80. The molecule has 0 bridgehead atoms. The molecule has 2 aromatic rings. The number of benzene rings is 2. The third-order valence-electron chi connectivity index (χ3n) is 4.30. The summed E-state index contributed by atoms with van der Waals surface area (Å²) in [6.45, 7) is 0. The van der Waals surface area contributed by atoms with E-state index >= 15 is 0 Å². The van der Waals surface area contributed by atoms with E-state index in [0.717, 1.165) is 30.3 Å². The van der Waals surface area contributed by atoms with E-state index in [1.807, 2.05) is 0 Å². The van der Waals surface area contributed by atoms with Gasteiger partial charge in [0.25, 0.3) is 11.8 Å². The standard InChI is InChI=1S/C18H12F6N2O2/c19-12-3-1-9(15(27)25-10-2-4-13(20)14(21)8-10)7-11(12)16(28)26-17(5-6-17)18(22,23)24/h1-4,7-8H,5-6H2,(H,25,27)(H,26,28). The van der Waals surface area contributed by atoms with Crippen molar-refractivity contribution in [3.8, 4) is 0 Å². The number of halogens is 6. The van der Waals surface area contributed by atoms with Crippen LogP contribution in [0, 0.1) is 17.5 Å². The summed E-state index contributed by atoms with van der Waals surface area (Å²) in [4.78, 5) is 24.3. The fourth-order valence-electron chi connectivity index (χ4n) is 2.51. The Bertz CT molecular complexity index is 954. The van der Waals surface area contributed by atoms with Gasteiger partial charge in [-0.15, -0.1) is 0 Å². The molecule has 0 radical (unpaired) electrons. The van der Waals surface area contributed by atoms with Gasteiger partial charge in [0, 0.05) is 17.3 Å². The van der Waals surface area contributed by atoms with Crippen molar-refractivity contribution in [2.45, 2.75) is 24.6 Å². The summed E-state index contributed by atoms with van der Waals surface area (Å²) < 4.78 is 78.9. The van der Waals surface area contributed by atoms with E-state index in [-0.39, 0.29) is 24.1 Å². The van der Waals surface area contributed by atoms with Crippen LogP contribution in [0.25, 0.3) is 0 Å². The van der Waals surface area contributed by atoms with Crippen molar-refractivity contribution in [1.82, 2.24) is 5.32 Å². The van der Waals surface area contributed by atoms with Crippen molar-refractivity contribution in [1.29, 1.82) is 0 Å². The molecule has 0 spiro atoms. The van der Waals surface area contributed by atoms with E-state index in [1.54, 1.807) is 5.32 Å². The van der Waals surface area contributed by atoms with E-state index in [2.05, 4.69) is 5.32 Å². The lowest BCUT2D eigenvalue weighted by Gasteiger charge is -2.21. The highest BCUT2D eigenvalue weighted by Crippen LogP contribution is 2.49. The molecule has 1 aliphatic rings. The predicted molar refractivity (Wildman–Crippen MR) is 86.2 cm³/mol. The lowest BCUT2D eigenvalue weighted by molar-refractivity contribution is -0.163. The number of rotatable bonds is 4. The van der Waals surface area contributed by atoms with Gasteiger partial charge >= 0.3 is 6.18 Å². The van der Waals surface area contributed by atoms with Crippen LogP contribution in [-0.4, -0.2) is 23.5 Å². The molecular formula is C18H12F6N2O2. The Hall–Kier alpha value is -3.04. The zero-order valence-corrected chi connectivity index (χ0v) is 14.0. The Kier molecular flexibility index (Phi) is 4.82. The molecule has 0 saturated heterocycles. The molecule has 2 amide bonds. The van der Waals surface area contributed by atoms with Crippen LogP contribution in [-0.2, 0) is 0 Å². The largest absolute Gasteiger partial charge is 0.411 e. The second kappa shape index (κ2) is 6.84. The number of anilines is 1. The third kappa shape index (κ3) is 3.80. The molecule has 4 nitrogen and oxygen atoms in total. The van der Waals surface area contributed by atoms with Gasteiger partial charge in [0.2, 0.25) is 0 Å². The number of alkyl halides is 3. The molecule has 1 aliphatic carbocycles. The van der Waals surface area contributed by atoms with Crippen LogP contribution in [0.3, 0.4) is 0 Å². The Morgan fingerprint density at radius 2 is 1.50 bits per heavy atom. The fourth-order valence-corrected chi connectivity index (χ4v) is 2.51. The monoisotopic (exact) mass is 402 g/mol. The Labute approximate surface area is 154 Å². The first-order valence-electron chi connectivity index (χ1n) is 7.98. The maximum atomic E-state index is 13.9. The average molecular weight is 402 g/mol. The molecular weight excluding hydrogens is 390 g/mol. The summed E-state index contributed by atoms with van der Waals surface area (Å²) >= 11 is 0. The summed E-state index contributed by atoms with van der Waals surface area (Å²) in [6, 6.07) is 5.10. The van der Waals surface area contributed by atoms with E-state index in [1.165, 1.54) is 0 Å². The van der Waals surface area contributed by atoms with Crippen LogP contribution in [0.15, 0.2) is 36.4 Å². The van der Waals surface area contributed by atoms with Gasteiger partial charge in [0.15, 0.2) is 11.6 Å². The van der Waals surface area contributed by atoms with Gasteiger partial charge in [-0.2, -0.15) is 13.2 Å². The van der Waals surface area contributed by atoms with Crippen molar-refractivity contribution in [3.63, 3.8) is 0 Å². The van der Waals surface area contributed by atoms with Gasteiger partial charge < -0.3 is 10.6 Å². The van der Waals surface area contributed by atoms with Crippen LogP contribution >= 0.6 is 0 Å². The molecule has 28 heavy (non-hydrogen) atoms. The maximum Gasteiger partial charge on any atom is 0.411 e. The first-order valence-corrected chi connectivity index (χ1v) is 7.98. The molecule has 3 rings (SSSR count). The van der Waals surface area contributed by atoms with Crippen molar-refractivity contribution in [3.05, 3.63) is 65.0 Å². The highest BCUT2D eigenvalue weighted by Gasteiger charge is 2.64. The van der Waals surface area contributed by atoms with Crippen LogP contribution < -0.4 is 10.6 Å². The number of nitrogens with one attached hydrogen (secondary N) is 2. The lowest BCUT2D eigenvalue weighted by Crippen LogP contribution is -2.48. The number of amides is 2. The van der Waals surface area contributed by atoms with Gasteiger partial charge in [-0.1, -0.05) is 0 Å². The third-order valence-corrected chi connectivity index (χ3v) is 4.30. The van der Waals surface area contributed by atoms with Gasteiger partial charge in [-0.05, 0) is 43.2 Å². The van der Waals surface area contributed by atoms with Crippen molar-refractivity contribution in [2.24, 2.45) is 0 Å². The smallest absolute Gasteiger partial charge is 0.338 e. The number of carbonyl (C=O) groups excluding carboxylic acids is 2. The molecule has 0 unspecified atom stereocenters. The molecule has 0 aromatic heterocycles. The zero-order chi connectivity index (χ0) is 20.7. The van der Waals surface area contributed by atoms with Crippen molar-refractivity contribution in [2.75, 3.05) is 5.32 Å². The van der Waals surface area contributed by atoms with E-state index in [0.29, 0.717) is 6.07 Å². The molecule has 2 aromatic carbocycles. The SMILES string of the molecule is O=C(Nc1ccc(F)c(F)c1)c1ccc(F)c(C(=O)NC2(C(F)(F)F)CC2)c1. The molecule has 10 heteroatoms. The van der Waals surface area contributed by atoms with Gasteiger partial charge in [0.05, 0.1) is 5.56 Å². The lowest BCUT2D eigenvalue weighted by atomic mass is 10.1. The molecule has 1 saturated carbocycles. The Morgan fingerprint density at radius 3 is 2.07 bits per heavy atom. The van der Waals surface area contributed by atoms with E-state index in [4.69, 9.17) is 0 Å². The topological polar surface area (TPSA) is 58.2 Å². The fraction of sp³-hybridized carbons (Fsp3) is 0.222.